The molecule has 8 nitrogen and oxygen atoms in total. The van der Waals surface area contributed by atoms with Gasteiger partial charge in [-0.3, -0.25) is 19.4 Å². The molecule has 0 aromatic heterocycles. The van der Waals surface area contributed by atoms with Gasteiger partial charge in [0.25, 0.3) is 0 Å². The van der Waals surface area contributed by atoms with Crippen LogP contribution in [0.5, 0.6) is 5.75 Å². The summed E-state index contributed by atoms with van der Waals surface area (Å²) < 4.78 is 10.7. The van der Waals surface area contributed by atoms with E-state index in [-0.39, 0.29) is 18.2 Å². The lowest BCUT2D eigenvalue weighted by molar-refractivity contribution is -0.134. The van der Waals surface area contributed by atoms with Crippen molar-refractivity contribution < 1.29 is 19.1 Å². The van der Waals surface area contributed by atoms with Gasteiger partial charge in [-0.15, -0.1) is 0 Å². The van der Waals surface area contributed by atoms with Gasteiger partial charge in [-0.05, 0) is 37.1 Å². The van der Waals surface area contributed by atoms with Gasteiger partial charge in [-0.2, -0.15) is 0 Å². The molecule has 1 aromatic rings. The van der Waals surface area contributed by atoms with Crippen LogP contribution in [0.2, 0.25) is 0 Å². The van der Waals surface area contributed by atoms with Crippen LogP contribution < -0.4 is 15.4 Å². The minimum absolute atomic E-state index is 0.0741. The van der Waals surface area contributed by atoms with Crippen molar-refractivity contribution in [2.24, 2.45) is 0 Å². The number of carbonyl (C=O) groups is 2. The molecule has 2 aliphatic heterocycles. The fourth-order valence-electron chi connectivity index (χ4n) is 4.05. The summed E-state index contributed by atoms with van der Waals surface area (Å²) in [7, 11) is 1.66. The maximum Gasteiger partial charge on any atom is 0.237 e. The van der Waals surface area contributed by atoms with Crippen LogP contribution in [0.4, 0.5) is 0 Å². The van der Waals surface area contributed by atoms with Crippen LogP contribution in [0.3, 0.4) is 0 Å². The van der Waals surface area contributed by atoms with E-state index in [0.717, 1.165) is 62.7 Å². The monoisotopic (exact) mass is 418 g/mol. The van der Waals surface area contributed by atoms with E-state index in [1.807, 2.05) is 19.1 Å². The van der Waals surface area contributed by atoms with Gasteiger partial charge < -0.3 is 20.1 Å². The molecule has 166 valence electrons. The van der Waals surface area contributed by atoms with Gasteiger partial charge in [0, 0.05) is 39.3 Å². The Balaban J connectivity index is 1.48. The maximum absolute atomic E-state index is 12.5. The van der Waals surface area contributed by atoms with Gasteiger partial charge >= 0.3 is 0 Å². The van der Waals surface area contributed by atoms with Crippen molar-refractivity contribution in [1.29, 1.82) is 0 Å². The number of benzene rings is 1. The van der Waals surface area contributed by atoms with E-state index < -0.39 is 6.04 Å². The summed E-state index contributed by atoms with van der Waals surface area (Å²) in [4.78, 5) is 29.4. The van der Waals surface area contributed by atoms with Gasteiger partial charge in [0.2, 0.25) is 11.8 Å². The molecule has 1 atom stereocenters. The van der Waals surface area contributed by atoms with Crippen molar-refractivity contribution in [2.75, 3.05) is 59.6 Å². The van der Waals surface area contributed by atoms with Crippen molar-refractivity contribution in [2.45, 2.75) is 32.4 Å². The Kier molecular flexibility index (Phi) is 8.48. The second kappa shape index (κ2) is 11.3. The van der Waals surface area contributed by atoms with Crippen molar-refractivity contribution in [3.05, 3.63) is 29.3 Å². The first kappa shape index (κ1) is 22.5. The van der Waals surface area contributed by atoms with Gasteiger partial charge in [0.05, 0.1) is 32.8 Å². The third-order valence-electron chi connectivity index (χ3n) is 5.74. The number of nitrogens with one attached hydrogen (secondary N) is 2. The zero-order valence-electron chi connectivity index (χ0n) is 18.1. The average Bonchev–Trinajstić information content (AvgIpc) is 2.75. The summed E-state index contributed by atoms with van der Waals surface area (Å²) in [6.45, 7) is 9.03. The number of hydrogen-bond donors (Lipinski definition) is 2. The fourth-order valence-corrected chi connectivity index (χ4v) is 4.05. The first-order valence-corrected chi connectivity index (χ1v) is 10.8. The Bertz CT molecular complexity index is 721. The number of methoxy groups -OCH3 is 1. The average molecular weight is 419 g/mol. The Morgan fingerprint density at radius 2 is 2.10 bits per heavy atom. The minimum atomic E-state index is -0.444. The molecule has 2 aliphatic rings. The van der Waals surface area contributed by atoms with Crippen LogP contribution >= 0.6 is 0 Å². The molecular formula is C22H34N4O4. The van der Waals surface area contributed by atoms with Crippen LogP contribution in [-0.4, -0.2) is 87.2 Å². The molecule has 2 amide bonds. The van der Waals surface area contributed by atoms with Crippen molar-refractivity contribution in [3.8, 4) is 5.75 Å². The van der Waals surface area contributed by atoms with E-state index in [2.05, 4.69) is 26.5 Å². The lowest BCUT2D eigenvalue weighted by Crippen LogP contribution is -2.56. The molecule has 2 fully saturated rings. The highest BCUT2D eigenvalue weighted by atomic mass is 16.5. The number of hydrogen-bond acceptors (Lipinski definition) is 6. The minimum Gasteiger partial charge on any atom is -0.496 e. The number of morpholine rings is 1. The van der Waals surface area contributed by atoms with Crippen LogP contribution in [0.25, 0.3) is 0 Å². The van der Waals surface area contributed by atoms with E-state index in [1.165, 1.54) is 0 Å². The molecule has 2 heterocycles. The summed E-state index contributed by atoms with van der Waals surface area (Å²) in [5.41, 5.74) is 2.17. The lowest BCUT2D eigenvalue weighted by Gasteiger charge is -2.34. The maximum atomic E-state index is 12.5. The standard InChI is InChI=1S/C22H34N4O4/c1-17-14-18(4-5-20(17)29-2)16-26-9-7-24-22(28)19(26)15-21(27)23-6-3-8-25-10-12-30-13-11-25/h4-5,14,19H,3,6-13,15-16H2,1-2H3,(H,23,27)(H,24,28)/t19-/m1/s1. The van der Waals surface area contributed by atoms with Gasteiger partial charge in [0.15, 0.2) is 0 Å². The number of rotatable bonds is 9. The van der Waals surface area contributed by atoms with E-state index >= 15 is 0 Å². The molecule has 0 unspecified atom stereocenters. The van der Waals surface area contributed by atoms with Crippen LogP contribution in [0.15, 0.2) is 18.2 Å². The molecule has 3 rings (SSSR count). The quantitative estimate of drug-likeness (QED) is 0.570. The topological polar surface area (TPSA) is 83.1 Å². The molecule has 1 aromatic carbocycles. The van der Waals surface area contributed by atoms with Gasteiger partial charge in [-0.25, -0.2) is 0 Å². The Morgan fingerprint density at radius 1 is 1.30 bits per heavy atom. The highest BCUT2D eigenvalue weighted by Crippen LogP contribution is 2.21. The Hall–Kier alpha value is -2.16. The number of carbonyl (C=O) groups excluding carboxylic acids is 2. The molecule has 2 saturated heterocycles. The summed E-state index contributed by atoms with van der Waals surface area (Å²) >= 11 is 0. The van der Waals surface area contributed by atoms with E-state index in [1.54, 1.807) is 7.11 Å². The third kappa shape index (κ3) is 6.42. The van der Waals surface area contributed by atoms with Crippen LogP contribution in [0.1, 0.15) is 24.0 Å². The third-order valence-corrected chi connectivity index (χ3v) is 5.74. The molecular weight excluding hydrogens is 384 g/mol. The highest BCUT2D eigenvalue weighted by Gasteiger charge is 2.31. The Labute approximate surface area is 178 Å². The molecule has 0 radical (unpaired) electrons. The number of piperazine rings is 1. The smallest absolute Gasteiger partial charge is 0.237 e. The normalized spacial score (nSPS) is 20.6. The van der Waals surface area contributed by atoms with Crippen molar-refractivity contribution in [1.82, 2.24) is 20.4 Å². The first-order chi connectivity index (χ1) is 14.6. The van der Waals surface area contributed by atoms with Crippen LogP contribution in [-0.2, 0) is 20.9 Å². The van der Waals surface area contributed by atoms with E-state index in [9.17, 15) is 9.59 Å². The zero-order valence-corrected chi connectivity index (χ0v) is 18.1. The largest absolute Gasteiger partial charge is 0.496 e. The van der Waals surface area contributed by atoms with E-state index in [0.29, 0.717) is 19.6 Å². The number of nitrogens with zero attached hydrogens (tertiary/aromatic N) is 2. The van der Waals surface area contributed by atoms with Crippen molar-refractivity contribution in [3.63, 3.8) is 0 Å². The fraction of sp³-hybridized carbons (Fsp3) is 0.636. The summed E-state index contributed by atoms with van der Waals surface area (Å²) in [6, 6.07) is 5.60. The van der Waals surface area contributed by atoms with Gasteiger partial charge in [0.1, 0.15) is 5.75 Å². The molecule has 30 heavy (non-hydrogen) atoms. The lowest BCUT2D eigenvalue weighted by atomic mass is 10.1. The van der Waals surface area contributed by atoms with E-state index in [4.69, 9.17) is 9.47 Å². The summed E-state index contributed by atoms with van der Waals surface area (Å²) in [6.07, 6.45) is 1.08. The predicted octanol–water partition coefficient (Wildman–Crippen LogP) is 0.533. The number of amides is 2. The Morgan fingerprint density at radius 3 is 2.83 bits per heavy atom. The summed E-state index contributed by atoms with van der Waals surface area (Å²) in [5, 5.41) is 5.87. The molecule has 8 heteroatoms. The summed E-state index contributed by atoms with van der Waals surface area (Å²) in [5.74, 6) is 0.702. The number of aryl methyl sites for hydroxylation is 1. The predicted molar refractivity (Wildman–Crippen MR) is 114 cm³/mol. The molecule has 0 aliphatic carbocycles. The zero-order chi connectivity index (χ0) is 21.3. The number of ether oxygens (including phenoxy) is 2. The first-order valence-electron chi connectivity index (χ1n) is 10.8. The van der Waals surface area contributed by atoms with Crippen LogP contribution in [0, 0.1) is 6.92 Å². The molecule has 2 N–H and O–H groups in total. The molecule has 0 bridgehead atoms. The SMILES string of the molecule is COc1ccc(CN2CCNC(=O)[C@H]2CC(=O)NCCCN2CCOCC2)cc1C. The molecule has 0 saturated carbocycles. The second-order valence-corrected chi connectivity index (χ2v) is 7.94. The highest BCUT2D eigenvalue weighted by molar-refractivity contribution is 5.88. The second-order valence-electron chi connectivity index (χ2n) is 7.94. The van der Waals surface area contributed by atoms with Gasteiger partial charge in [-0.1, -0.05) is 12.1 Å². The molecule has 0 spiro atoms. The van der Waals surface area contributed by atoms with Crippen molar-refractivity contribution >= 4 is 11.8 Å².